The minimum absolute atomic E-state index is 0.00525. The molecule has 1 fully saturated rings. The summed E-state index contributed by atoms with van der Waals surface area (Å²) in [6.45, 7) is 5.75. The lowest BCUT2D eigenvalue weighted by atomic mass is 10.1. The highest BCUT2D eigenvalue weighted by molar-refractivity contribution is 5.94. The number of rotatable bonds is 6. The summed E-state index contributed by atoms with van der Waals surface area (Å²) < 4.78 is 11.7. The zero-order valence-electron chi connectivity index (χ0n) is 18.1. The number of piperidine rings is 1. The summed E-state index contributed by atoms with van der Waals surface area (Å²) in [6, 6.07) is 8.23. The van der Waals surface area contributed by atoms with Gasteiger partial charge in [-0.15, -0.1) is 0 Å². The van der Waals surface area contributed by atoms with Gasteiger partial charge in [0.25, 0.3) is 0 Å². The van der Waals surface area contributed by atoms with Gasteiger partial charge < -0.3 is 14.8 Å². The molecule has 164 valence electrons. The van der Waals surface area contributed by atoms with Crippen molar-refractivity contribution in [1.29, 1.82) is 0 Å². The van der Waals surface area contributed by atoms with E-state index in [1.165, 1.54) is 0 Å². The first kappa shape index (κ1) is 20.3. The Bertz CT molecular complexity index is 1220. The second-order valence-electron chi connectivity index (χ2n) is 8.05. The van der Waals surface area contributed by atoms with Crippen LogP contribution in [0.2, 0.25) is 0 Å². The molecule has 9 heteroatoms. The molecule has 3 aromatic heterocycles. The van der Waals surface area contributed by atoms with Gasteiger partial charge in [-0.05, 0) is 51.4 Å². The molecule has 1 atom stereocenters. The van der Waals surface area contributed by atoms with Crippen molar-refractivity contribution in [2.45, 2.75) is 38.9 Å². The molecule has 2 N–H and O–H groups in total. The SMILES string of the molecule is CC(C)Oc1nccc(-c2ccc3[nH]nc(-c4cncc(OC5CCCNC5)n4)c3c2)n1. The Hall–Kier alpha value is -3.59. The lowest BCUT2D eigenvalue weighted by molar-refractivity contribution is 0.160. The Balaban J connectivity index is 1.46. The highest BCUT2D eigenvalue weighted by Crippen LogP contribution is 2.30. The Morgan fingerprint density at radius 1 is 1.09 bits per heavy atom. The van der Waals surface area contributed by atoms with Crippen molar-refractivity contribution in [3.05, 3.63) is 42.9 Å². The molecule has 1 saturated heterocycles. The molecule has 0 radical (unpaired) electrons. The molecule has 0 saturated carbocycles. The monoisotopic (exact) mass is 431 g/mol. The topological polar surface area (TPSA) is 111 Å². The number of hydrogen-bond donors (Lipinski definition) is 2. The van der Waals surface area contributed by atoms with Gasteiger partial charge in [-0.2, -0.15) is 10.1 Å². The van der Waals surface area contributed by atoms with Crippen LogP contribution in [0.15, 0.2) is 42.9 Å². The zero-order valence-corrected chi connectivity index (χ0v) is 18.1. The molecule has 5 rings (SSSR count). The van der Waals surface area contributed by atoms with E-state index >= 15 is 0 Å². The lowest BCUT2D eigenvalue weighted by Crippen LogP contribution is -2.37. The van der Waals surface area contributed by atoms with E-state index in [-0.39, 0.29) is 12.2 Å². The van der Waals surface area contributed by atoms with Gasteiger partial charge in [-0.3, -0.25) is 10.1 Å². The minimum Gasteiger partial charge on any atom is -0.472 e. The van der Waals surface area contributed by atoms with Crippen LogP contribution in [0.3, 0.4) is 0 Å². The van der Waals surface area contributed by atoms with Gasteiger partial charge in [0.2, 0.25) is 5.88 Å². The number of hydrogen-bond acceptors (Lipinski definition) is 8. The third kappa shape index (κ3) is 4.38. The molecular weight excluding hydrogens is 406 g/mol. The maximum Gasteiger partial charge on any atom is 0.317 e. The third-order valence-corrected chi connectivity index (χ3v) is 5.23. The van der Waals surface area contributed by atoms with Crippen LogP contribution in [0.5, 0.6) is 11.9 Å². The normalized spacial score (nSPS) is 16.4. The average Bonchev–Trinajstić information content (AvgIpc) is 3.23. The average molecular weight is 432 g/mol. The van der Waals surface area contributed by atoms with Gasteiger partial charge in [-0.1, -0.05) is 6.07 Å². The summed E-state index contributed by atoms with van der Waals surface area (Å²) in [5, 5.41) is 11.8. The van der Waals surface area contributed by atoms with Crippen LogP contribution in [0.4, 0.5) is 0 Å². The van der Waals surface area contributed by atoms with Gasteiger partial charge >= 0.3 is 6.01 Å². The van der Waals surface area contributed by atoms with Crippen LogP contribution in [-0.4, -0.2) is 55.4 Å². The molecule has 4 aromatic rings. The van der Waals surface area contributed by atoms with E-state index in [1.807, 2.05) is 38.1 Å². The predicted octanol–water partition coefficient (Wildman–Crippen LogP) is 3.39. The summed E-state index contributed by atoms with van der Waals surface area (Å²) in [4.78, 5) is 17.7. The second kappa shape index (κ2) is 8.88. The van der Waals surface area contributed by atoms with Crippen molar-refractivity contribution in [2.24, 2.45) is 0 Å². The van der Waals surface area contributed by atoms with E-state index in [9.17, 15) is 0 Å². The van der Waals surface area contributed by atoms with E-state index < -0.39 is 0 Å². The fourth-order valence-electron chi connectivity index (χ4n) is 3.75. The second-order valence-corrected chi connectivity index (χ2v) is 8.05. The van der Waals surface area contributed by atoms with E-state index in [0.717, 1.165) is 48.1 Å². The molecular formula is C23H25N7O2. The molecule has 1 aliphatic heterocycles. The van der Waals surface area contributed by atoms with E-state index in [0.29, 0.717) is 23.3 Å². The summed E-state index contributed by atoms with van der Waals surface area (Å²) >= 11 is 0. The van der Waals surface area contributed by atoms with E-state index in [1.54, 1.807) is 18.6 Å². The summed E-state index contributed by atoms with van der Waals surface area (Å²) in [5.74, 6) is 0.509. The highest BCUT2D eigenvalue weighted by Gasteiger charge is 2.17. The summed E-state index contributed by atoms with van der Waals surface area (Å²) in [7, 11) is 0. The van der Waals surface area contributed by atoms with Crippen LogP contribution in [0, 0.1) is 0 Å². The molecule has 32 heavy (non-hydrogen) atoms. The number of benzene rings is 1. The highest BCUT2D eigenvalue weighted by atomic mass is 16.5. The van der Waals surface area contributed by atoms with Crippen molar-refractivity contribution < 1.29 is 9.47 Å². The minimum atomic E-state index is 0.00525. The van der Waals surface area contributed by atoms with Gasteiger partial charge in [0, 0.05) is 23.7 Å². The molecule has 9 nitrogen and oxygen atoms in total. The van der Waals surface area contributed by atoms with Crippen molar-refractivity contribution in [1.82, 2.24) is 35.5 Å². The van der Waals surface area contributed by atoms with Crippen LogP contribution in [-0.2, 0) is 0 Å². The smallest absolute Gasteiger partial charge is 0.317 e. The van der Waals surface area contributed by atoms with Crippen LogP contribution in [0.25, 0.3) is 33.5 Å². The zero-order chi connectivity index (χ0) is 21.9. The van der Waals surface area contributed by atoms with Gasteiger partial charge in [0.1, 0.15) is 17.5 Å². The van der Waals surface area contributed by atoms with Crippen molar-refractivity contribution in [2.75, 3.05) is 13.1 Å². The number of nitrogens with one attached hydrogen (secondary N) is 2. The summed E-state index contributed by atoms with van der Waals surface area (Å²) in [5.41, 5.74) is 3.99. The molecule has 1 aliphatic rings. The number of aromatic nitrogens is 6. The maximum atomic E-state index is 6.04. The Morgan fingerprint density at radius 3 is 2.88 bits per heavy atom. The van der Waals surface area contributed by atoms with Crippen LogP contribution < -0.4 is 14.8 Å². The molecule has 0 spiro atoms. The molecule has 1 aromatic carbocycles. The van der Waals surface area contributed by atoms with Crippen molar-refractivity contribution >= 4 is 10.9 Å². The van der Waals surface area contributed by atoms with E-state index in [4.69, 9.17) is 9.47 Å². The van der Waals surface area contributed by atoms with Crippen molar-refractivity contribution in [3.63, 3.8) is 0 Å². The third-order valence-electron chi connectivity index (χ3n) is 5.23. The van der Waals surface area contributed by atoms with Crippen LogP contribution in [0.1, 0.15) is 26.7 Å². The standard InChI is InChI=1S/C23H25N7O2/c1-14(2)31-23-26-9-7-18(28-23)15-5-6-19-17(10-15)22(30-29-19)20-12-25-13-21(27-20)32-16-4-3-8-24-11-16/h5-7,9-10,12-14,16,24H,3-4,8,11H2,1-2H3,(H,29,30). The van der Waals surface area contributed by atoms with Crippen molar-refractivity contribution in [3.8, 4) is 34.5 Å². The number of aromatic amines is 1. The Kier molecular flexibility index (Phi) is 5.64. The first-order chi connectivity index (χ1) is 15.7. The van der Waals surface area contributed by atoms with Gasteiger partial charge in [0.05, 0.1) is 29.7 Å². The largest absolute Gasteiger partial charge is 0.472 e. The molecule has 0 bridgehead atoms. The lowest BCUT2D eigenvalue weighted by Gasteiger charge is -2.23. The van der Waals surface area contributed by atoms with Gasteiger partial charge in [0.15, 0.2) is 0 Å². The number of ether oxygens (including phenoxy) is 2. The Morgan fingerprint density at radius 2 is 2.03 bits per heavy atom. The molecule has 0 amide bonds. The Labute approximate surface area is 185 Å². The number of H-pyrrole nitrogens is 1. The number of fused-ring (bicyclic) bond motifs is 1. The fourth-order valence-corrected chi connectivity index (χ4v) is 3.75. The molecule has 4 heterocycles. The first-order valence-electron chi connectivity index (χ1n) is 10.8. The fraction of sp³-hybridized carbons (Fsp3) is 0.348. The maximum absolute atomic E-state index is 6.04. The van der Waals surface area contributed by atoms with Gasteiger partial charge in [-0.25, -0.2) is 9.97 Å². The van der Waals surface area contributed by atoms with Crippen LogP contribution >= 0.6 is 0 Å². The number of nitrogens with zero attached hydrogens (tertiary/aromatic N) is 5. The predicted molar refractivity (Wildman–Crippen MR) is 120 cm³/mol. The van der Waals surface area contributed by atoms with E-state index in [2.05, 4.69) is 35.5 Å². The molecule has 1 unspecified atom stereocenters. The first-order valence-corrected chi connectivity index (χ1v) is 10.8. The quantitative estimate of drug-likeness (QED) is 0.478. The summed E-state index contributed by atoms with van der Waals surface area (Å²) in [6.07, 6.45) is 7.27. The molecule has 0 aliphatic carbocycles.